The number of guanidine groups is 1. The van der Waals surface area contributed by atoms with Crippen LogP contribution >= 0.6 is 0 Å². The van der Waals surface area contributed by atoms with Gasteiger partial charge in [-0.05, 0) is 39.7 Å². The van der Waals surface area contributed by atoms with Gasteiger partial charge in [0.25, 0.3) is 0 Å². The van der Waals surface area contributed by atoms with Crippen LogP contribution in [-0.4, -0.2) is 60.8 Å². The second kappa shape index (κ2) is 11.7. The lowest BCUT2D eigenvalue weighted by molar-refractivity contribution is -0.154. The first kappa shape index (κ1) is 24.0. The topological polar surface area (TPSA) is 61.8 Å². The Bertz CT molecular complexity index is 580. The Morgan fingerprint density at radius 3 is 2.36 bits per heavy atom. The Labute approximate surface area is 165 Å². The van der Waals surface area contributed by atoms with Crippen LogP contribution in [0.4, 0.5) is 13.2 Å². The molecule has 0 saturated heterocycles. The van der Waals surface area contributed by atoms with Crippen LogP contribution in [0.2, 0.25) is 0 Å². The summed E-state index contributed by atoms with van der Waals surface area (Å²) in [6.45, 7) is 9.68. The molecule has 1 rings (SSSR count). The highest BCUT2D eigenvalue weighted by Crippen LogP contribution is 2.17. The molecule has 6 nitrogen and oxygen atoms in total. The largest absolute Gasteiger partial charge is 0.468 e. The molecule has 1 aromatic heterocycles. The zero-order valence-electron chi connectivity index (χ0n) is 17.3. The summed E-state index contributed by atoms with van der Waals surface area (Å²) in [6.07, 6.45) is -1.90. The first-order valence-electron chi connectivity index (χ1n) is 9.47. The molecular weight excluding hydrogens is 371 g/mol. The summed E-state index contributed by atoms with van der Waals surface area (Å²) in [4.78, 5) is 10.5. The maximum Gasteiger partial charge on any atom is 0.422 e. The van der Waals surface area contributed by atoms with Crippen molar-refractivity contribution in [2.24, 2.45) is 4.99 Å². The smallest absolute Gasteiger partial charge is 0.422 e. The van der Waals surface area contributed by atoms with E-state index >= 15 is 0 Å². The van der Waals surface area contributed by atoms with E-state index < -0.39 is 12.8 Å². The van der Waals surface area contributed by atoms with E-state index in [9.17, 15) is 13.2 Å². The van der Waals surface area contributed by atoms with Gasteiger partial charge in [0.2, 0.25) is 5.88 Å². The van der Waals surface area contributed by atoms with Gasteiger partial charge in [-0.25, -0.2) is 4.98 Å². The van der Waals surface area contributed by atoms with Gasteiger partial charge in [0.15, 0.2) is 12.6 Å². The number of rotatable bonds is 10. The van der Waals surface area contributed by atoms with Crippen molar-refractivity contribution < 1.29 is 17.9 Å². The van der Waals surface area contributed by atoms with Crippen LogP contribution in [0.15, 0.2) is 23.3 Å². The van der Waals surface area contributed by atoms with Crippen molar-refractivity contribution in [2.45, 2.75) is 58.9 Å². The molecule has 28 heavy (non-hydrogen) atoms. The molecule has 9 heteroatoms. The van der Waals surface area contributed by atoms with Crippen LogP contribution < -0.4 is 15.4 Å². The van der Waals surface area contributed by atoms with Gasteiger partial charge in [0, 0.05) is 51.0 Å². The molecule has 2 N–H and O–H groups in total. The fourth-order valence-electron chi connectivity index (χ4n) is 2.74. The van der Waals surface area contributed by atoms with Crippen LogP contribution in [0.3, 0.4) is 0 Å². The third-order valence-corrected chi connectivity index (χ3v) is 4.08. The summed E-state index contributed by atoms with van der Waals surface area (Å²) >= 11 is 0. The van der Waals surface area contributed by atoms with Gasteiger partial charge in [0.05, 0.1) is 0 Å². The minimum Gasteiger partial charge on any atom is -0.468 e. The van der Waals surface area contributed by atoms with Crippen molar-refractivity contribution in [1.29, 1.82) is 0 Å². The number of hydrogen-bond acceptors (Lipinski definition) is 4. The van der Waals surface area contributed by atoms with Gasteiger partial charge in [-0.3, -0.25) is 9.89 Å². The average molecular weight is 403 g/mol. The molecule has 1 heterocycles. The lowest BCUT2D eigenvalue weighted by Crippen LogP contribution is -2.41. The Morgan fingerprint density at radius 1 is 1.18 bits per heavy atom. The molecule has 0 aliphatic carbocycles. The van der Waals surface area contributed by atoms with E-state index in [1.54, 1.807) is 13.1 Å². The predicted molar refractivity (Wildman–Crippen MR) is 106 cm³/mol. The predicted octanol–water partition coefficient (Wildman–Crippen LogP) is 3.20. The minimum atomic E-state index is -4.37. The quantitative estimate of drug-likeness (QED) is 0.357. The number of hydrogen-bond donors (Lipinski definition) is 2. The second-order valence-electron chi connectivity index (χ2n) is 7.04. The number of alkyl halides is 3. The summed E-state index contributed by atoms with van der Waals surface area (Å²) in [5.74, 6) is 0.612. The van der Waals surface area contributed by atoms with Crippen LogP contribution in [0.1, 0.15) is 39.7 Å². The summed E-state index contributed by atoms with van der Waals surface area (Å²) in [6, 6.07) is 4.11. The molecule has 0 aromatic carbocycles. The number of aromatic nitrogens is 1. The van der Waals surface area contributed by atoms with E-state index in [2.05, 4.69) is 57.9 Å². The Balaban J connectivity index is 2.36. The summed E-state index contributed by atoms with van der Waals surface area (Å²) in [5.41, 5.74) is 0.813. The third kappa shape index (κ3) is 9.77. The highest BCUT2D eigenvalue weighted by molar-refractivity contribution is 5.79. The van der Waals surface area contributed by atoms with E-state index in [1.165, 1.54) is 12.3 Å². The van der Waals surface area contributed by atoms with Gasteiger partial charge in [-0.15, -0.1) is 0 Å². The lowest BCUT2D eigenvalue weighted by atomic mass is 10.2. The number of halogens is 3. The molecule has 0 radical (unpaired) electrons. The number of nitrogens with zero attached hydrogens (tertiary/aromatic N) is 3. The molecule has 0 amide bonds. The molecule has 0 aliphatic heterocycles. The van der Waals surface area contributed by atoms with Crippen molar-refractivity contribution in [2.75, 3.05) is 26.7 Å². The molecular formula is C19H32F3N5O. The summed E-state index contributed by atoms with van der Waals surface area (Å²) in [5, 5.41) is 6.42. The number of aliphatic imine (C=N–C) groups is 1. The van der Waals surface area contributed by atoms with Crippen LogP contribution in [0.25, 0.3) is 0 Å². The number of nitrogens with one attached hydrogen (secondary N) is 2. The maximum absolute atomic E-state index is 12.1. The van der Waals surface area contributed by atoms with E-state index in [1.807, 2.05) is 0 Å². The van der Waals surface area contributed by atoms with Crippen molar-refractivity contribution in [3.05, 3.63) is 23.9 Å². The van der Waals surface area contributed by atoms with Gasteiger partial charge in [0.1, 0.15) is 0 Å². The van der Waals surface area contributed by atoms with E-state index in [0.717, 1.165) is 25.1 Å². The molecule has 0 spiro atoms. The van der Waals surface area contributed by atoms with E-state index in [0.29, 0.717) is 24.6 Å². The molecule has 0 unspecified atom stereocenters. The minimum absolute atomic E-state index is 0.0524. The SMILES string of the molecule is CN=C(NCCCN(C(C)C)C(C)C)NCc1ccc(OCC(F)(F)F)nc1. The molecule has 0 bridgehead atoms. The average Bonchev–Trinajstić information content (AvgIpc) is 2.61. The summed E-state index contributed by atoms with van der Waals surface area (Å²) < 4.78 is 41.0. The second-order valence-corrected chi connectivity index (χ2v) is 7.04. The maximum atomic E-state index is 12.1. The van der Waals surface area contributed by atoms with Gasteiger partial charge < -0.3 is 15.4 Å². The first-order chi connectivity index (χ1) is 13.1. The molecule has 160 valence electrons. The lowest BCUT2D eigenvalue weighted by Gasteiger charge is -2.30. The van der Waals surface area contributed by atoms with Crippen molar-refractivity contribution in [3.63, 3.8) is 0 Å². The summed E-state index contributed by atoms with van der Waals surface area (Å²) in [7, 11) is 1.69. The highest BCUT2D eigenvalue weighted by atomic mass is 19.4. The zero-order chi connectivity index (χ0) is 21.2. The van der Waals surface area contributed by atoms with Gasteiger partial charge in [-0.1, -0.05) is 6.07 Å². The third-order valence-electron chi connectivity index (χ3n) is 4.08. The Kier molecular flexibility index (Phi) is 10.1. The van der Waals surface area contributed by atoms with Gasteiger partial charge >= 0.3 is 6.18 Å². The molecule has 0 atom stereocenters. The fraction of sp³-hybridized carbons (Fsp3) is 0.684. The zero-order valence-corrected chi connectivity index (χ0v) is 17.3. The number of pyridine rings is 1. The normalized spacial score (nSPS) is 12.8. The molecule has 1 aromatic rings. The van der Waals surface area contributed by atoms with Crippen LogP contribution in [0, 0.1) is 0 Å². The van der Waals surface area contributed by atoms with Crippen molar-refractivity contribution >= 4 is 5.96 Å². The Morgan fingerprint density at radius 2 is 1.86 bits per heavy atom. The van der Waals surface area contributed by atoms with E-state index in [-0.39, 0.29) is 5.88 Å². The monoisotopic (exact) mass is 403 g/mol. The molecule has 0 saturated carbocycles. The van der Waals surface area contributed by atoms with Crippen molar-refractivity contribution in [3.8, 4) is 5.88 Å². The van der Waals surface area contributed by atoms with E-state index in [4.69, 9.17) is 0 Å². The highest BCUT2D eigenvalue weighted by Gasteiger charge is 2.28. The molecule has 0 fully saturated rings. The van der Waals surface area contributed by atoms with Gasteiger partial charge in [-0.2, -0.15) is 13.2 Å². The van der Waals surface area contributed by atoms with Crippen LogP contribution in [0.5, 0.6) is 5.88 Å². The van der Waals surface area contributed by atoms with Crippen LogP contribution in [-0.2, 0) is 6.54 Å². The molecule has 0 aliphatic rings. The fourth-order valence-corrected chi connectivity index (χ4v) is 2.74. The first-order valence-corrected chi connectivity index (χ1v) is 9.47. The Hall–Kier alpha value is -2.03. The van der Waals surface area contributed by atoms with Crippen molar-refractivity contribution in [1.82, 2.24) is 20.5 Å². The number of ether oxygens (including phenoxy) is 1. The standard InChI is InChI=1S/C19H32F3N5O/c1-14(2)27(15(3)4)10-6-9-24-18(23-5)26-12-16-7-8-17(25-11-16)28-13-19(20,21)22/h7-8,11,14-15H,6,9-10,12-13H2,1-5H3,(H2,23,24,26).